The van der Waals surface area contributed by atoms with Crippen molar-refractivity contribution in [2.45, 2.75) is 6.10 Å². The average Bonchev–Trinajstić information content (AvgIpc) is 2.84. The molecule has 3 rings (SSSR count). The molecule has 2 heterocycles. The van der Waals surface area contributed by atoms with E-state index in [1.165, 1.54) is 11.3 Å². The summed E-state index contributed by atoms with van der Waals surface area (Å²) in [7, 11) is 0. The van der Waals surface area contributed by atoms with Crippen molar-refractivity contribution in [2.24, 2.45) is 0 Å². The smallest absolute Gasteiger partial charge is 0.114 e. The fraction of sp³-hybridized carbons (Fsp3) is 0.0714. The first-order valence-electron chi connectivity index (χ1n) is 5.50. The molecule has 0 aliphatic carbocycles. The second-order valence-corrected chi connectivity index (χ2v) is 5.39. The van der Waals surface area contributed by atoms with Gasteiger partial charge < -0.3 is 5.11 Å². The third-order valence-electron chi connectivity index (χ3n) is 2.87. The van der Waals surface area contributed by atoms with Crippen molar-refractivity contribution in [1.82, 2.24) is 4.98 Å². The molecular formula is C14H10ClNOS. The molecule has 0 fully saturated rings. The zero-order valence-electron chi connectivity index (χ0n) is 9.38. The van der Waals surface area contributed by atoms with Gasteiger partial charge in [0.1, 0.15) is 6.10 Å². The van der Waals surface area contributed by atoms with Crippen LogP contribution in [0.4, 0.5) is 0 Å². The highest BCUT2D eigenvalue weighted by Gasteiger charge is 2.15. The summed E-state index contributed by atoms with van der Waals surface area (Å²) in [6.45, 7) is 0. The number of nitrogens with zero attached hydrogens (tertiary/aromatic N) is 1. The molecule has 0 aliphatic heterocycles. The minimum absolute atomic E-state index is 0.657. The Balaban J connectivity index is 2.14. The van der Waals surface area contributed by atoms with E-state index in [2.05, 4.69) is 4.98 Å². The highest BCUT2D eigenvalue weighted by Crippen LogP contribution is 2.32. The van der Waals surface area contributed by atoms with Crippen molar-refractivity contribution in [3.63, 3.8) is 0 Å². The zero-order chi connectivity index (χ0) is 12.5. The molecule has 1 unspecified atom stereocenters. The average molecular weight is 276 g/mol. The van der Waals surface area contributed by atoms with Crippen molar-refractivity contribution in [3.8, 4) is 0 Å². The van der Waals surface area contributed by atoms with E-state index in [9.17, 15) is 5.11 Å². The summed E-state index contributed by atoms with van der Waals surface area (Å²) in [6, 6.07) is 9.60. The predicted octanol–water partition coefficient (Wildman–Crippen LogP) is 4.03. The van der Waals surface area contributed by atoms with Crippen molar-refractivity contribution in [1.29, 1.82) is 0 Å². The SMILES string of the molecule is OC(c1cc(Cl)cs1)c1cccc2ccncc12. The molecule has 0 bridgehead atoms. The van der Waals surface area contributed by atoms with E-state index in [1.807, 2.05) is 29.6 Å². The molecule has 1 N–H and O–H groups in total. The van der Waals surface area contributed by atoms with E-state index in [0.717, 1.165) is 21.2 Å². The summed E-state index contributed by atoms with van der Waals surface area (Å²) in [5.74, 6) is 0. The van der Waals surface area contributed by atoms with E-state index < -0.39 is 6.10 Å². The molecule has 0 saturated carbocycles. The fourth-order valence-corrected chi connectivity index (χ4v) is 3.08. The summed E-state index contributed by atoms with van der Waals surface area (Å²) in [5.41, 5.74) is 0.860. The minimum Gasteiger partial charge on any atom is -0.383 e. The Morgan fingerprint density at radius 2 is 2.17 bits per heavy atom. The summed E-state index contributed by atoms with van der Waals surface area (Å²) in [4.78, 5) is 4.96. The summed E-state index contributed by atoms with van der Waals surface area (Å²) in [6.07, 6.45) is 2.87. The Kier molecular flexibility index (Phi) is 3.04. The molecule has 0 radical (unpaired) electrons. The summed E-state index contributed by atoms with van der Waals surface area (Å²) < 4.78 is 0. The van der Waals surface area contributed by atoms with Gasteiger partial charge in [0.2, 0.25) is 0 Å². The molecular weight excluding hydrogens is 266 g/mol. The Morgan fingerprint density at radius 3 is 2.94 bits per heavy atom. The van der Waals surface area contributed by atoms with Crippen molar-refractivity contribution in [2.75, 3.05) is 0 Å². The first kappa shape index (κ1) is 11.7. The van der Waals surface area contributed by atoms with Gasteiger partial charge >= 0.3 is 0 Å². The lowest BCUT2D eigenvalue weighted by Gasteiger charge is -2.11. The second-order valence-electron chi connectivity index (χ2n) is 4.01. The van der Waals surface area contributed by atoms with Gasteiger partial charge in [0, 0.05) is 28.0 Å². The number of rotatable bonds is 2. The highest BCUT2D eigenvalue weighted by molar-refractivity contribution is 7.10. The number of fused-ring (bicyclic) bond motifs is 1. The zero-order valence-corrected chi connectivity index (χ0v) is 10.9. The van der Waals surface area contributed by atoms with Gasteiger partial charge in [-0.15, -0.1) is 11.3 Å². The molecule has 0 aliphatic rings. The molecule has 1 aromatic carbocycles. The number of thiophene rings is 1. The Hall–Kier alpha value is -1.42. The van der Waals surface area contributed by atoms with Crippen LogP contribution in [0, 0.1) is 0 Å². The van der Waals surface area contributed by atoms with Gasteiger partial charge in [0.25, 0.3) is 0 Å². The van der Waals surface area contributed by atoms with Crippen LogP contribution in [0.3, 0.4) is 0 Å². The van der Waals surface area contributed by atoms with Gasteiger partial charge in [-0.25, -0.2) is 0 Å². The first-order valence-corrected chi connectivity index (χ1v) is 6.76. The van der Waals surface area contributed by atoms with Gasteiger partial charge in [0.05, 0.1) is 5.02 Å². The number of hydrogen-bond acceptors (Lipinski definition) is 3. The maximum Gasteiger partial charge on any atom is 0.114 e. The molecule has 2 nitrogen and oxygen atoms in total. The standard InChI is InChI=1S/C14H10ClNOS/c15-10-6-13(18-8-10)14(17)11-3-1-2-9-4-5-16-7-12(9)11/h1-8,14,17H. The van der Waals surface area contributed by atoms with Crippen molar-refractivity contribution in [3.05, 3.63) is 63.6 Å². The van der Waals surface area contributed by atoms with Crippen LogP contribution in [0.25, 0.3) is 10.8 Å². The van der Waals surface area contributed by atoms with E-state index >= 15 is 0 Å². The summed E-state index contributed by atoms with van der Waals surface area (Å²) in [5, 5.41) is 15.0. The van der Waals surface area contributed by atoms with Gasteiger partial charge in [-0.1, -0.05) is 29.8 Å². The Bertz CT molecular complexity index is 690. The van der Waals surface area contributed by atoms with Gasteiger partial charge in [-0.05, 0) is 23.1 Å². The number of pyridine rings is 1. The third-order valence-corrected chi connectivity index (χ3v) is 4.20. The van der Waals surface area contributed by atoms with E-state index in [0.29, 0.717) is 5.02 Å². The van der Waals surface area contributed by atoms with E-state index in [4.69, 9.17) is 11.6 Å². The topological polar surface area (TPSA) is 33.1 Å². The van der Waals surface area contributed by atoms with Crippen LogP contribution in [-0.2, 0) is 0 Å². The van der Waals surface area contributed by atoms with Crippen LogP contribution in [0.2, 0.25) is 5.02 Å². The van der Waals surface area contributed by atoms with E-state index in [-0.39, 0.29) is 0 Å². The number of benzene rings is 1. The molecule has 4 heteroatoms. The molecule has 0 saturated heterocycles. The van der Waals surface area contributed by atoms with Crippen LogP contribution in [0.5, 0.6) is 0 Å². The maximum atomic E-state index is 10.4. The minimum atomic E-state index is -0.657. The Labute approximate surface area is 113 Å². The number of halogens is 1. The normalized spacial score (nSPS) is 12.8. The van der Waals surface area contributed by atoms with Gasteiger partial charge in [-0.3, -0.25) is 4.98 Å². The van der Waals surface area contributed by atoms with Gasteiger partial charge in [-0.2, -0.15) is 0 Å². The van der Waals surface area contributed by atoms with Crippen LogP contribution in [-0.4, -0.2) is 10.1 Å². The lowest BCUT2D eigenvalue weighted by Crippen LogP contribution is -1.98. The van der Waals surface area contributed by atoms with E-state index in [1.54, 1.807) is 18.5 Å². The molecule has 2 aromatic heterocycles. The lowest BCUT2D eigenvalue weighted by atomic mass is 10.0. The second kappa shape index (κ2) is 4.69. The number of aromatic nitrogens is 1. The molecule has 3 aromatic rings. The number of aliphatic hydroxyl groups is 1. The fourth-order valence-electron chi connectivity index (χ4n) is 2.00. The first-order chi connectivity index (χ1) is 8.75. The van der Waals surface area contributed by atoms with Crippen LogP contribution >= 0.6 is 22.9 Å². The predicted molar refractivity (Wildman–Crippen MR) is 75.1 cm³/mol. The van der Waals surface area contributed by atoms with Gasteiger partial charge in [0.15, 0.2) is 0 Å². The lowest BCUT2D eigenvalue weighted by molar-refractivity contribution is 0.226. The van der Waals surface area contributed by atoms with Crippen molar-refractivity contribution < 1.29 is 5.11 Å². The third kappa shape index (κ3) is 2.01. The molecule has 90 valence electrons. The van der Waals surface area contributed by atoms with Crippen LogP contribution in [0.1, 0.15) is 16.5 Å². The largest absolute Gasteiger partial charge is 0.383 e. The highest BCUT2D eigenvalue weighted by atomic mass is 35.5. The Morgan fingerprint density at radius 1 is 1.28 bits per heavy atom. The number of hydrogen-bond donors (Lipinski definition) is 1. The van der Waals surface area contributed by atoms with Crippen LogP contribution in [0.15, 0.2) is 48.1 Å². The maximum absolute atomic E-state index is 10.4. The monoisotopic (exact) mass is 275 g/mol. The summed E-state index contributed by atoms with van der Waals surface area (Å²) >= 11 is 7.36. The van der Waals surface area contributed by atoms with Crippen molar-refractivity contribution >= 4 is 33.7 Å². The quantitative estimate of drug-likeness (QED) is 0.766. The van der Waals surface area contributed by atoms with Crippen LogP contribution < -0.4 is 0 Å². The molecule has 1 atom stereocenters. The molecule has 0 spiro atoms. The molecule has 18 heavy (non-hydrogen) atoms. The number of aliphatic hydroxyl groups excluding tert-OH is 1. The molecule has 0 amide bonds.